The summed E-state index contributed by atoms with van der Waals surface area (Å²) in [5, 5.41) is 2.80. The minimum Gasteiger partial charge on any atom is -0.252 e. The van der Waals surface area contributed by atoms with E-state index in [0.717, 1.165) is 30.5 Å². The predicted molar refractivity (Wildman–Crippen MR) is 44.4 cm³/mol. The lowest BCUT2D eigenvalue weighted by atomic mass is 10.3. The highest BCUT2D eigenvalue weighted by Gasteiger charge is 2.22. The molecular formula is C8H9N4O+. The van der Waals surface area contributed by atoms with Gasteiger partial charge in [-0.3, -0.25) is 4.79 Å². The van der Waals surface area contributed by atoms with Crippen molar-refractivity contribution in [3.8, 4) is 0 Å². The van der Waals surface area contributed by atoms with E-state index in [4.69, 9.17) is 0 Å². The normalized spacial score (nSPS) is 15.1. The zero-order chi connectivity index (χ0) is 8.84. The molecule has 0 saturated carbocycles. The van der Waals surface area contributed by atoms with Crippen molar-refractivity contribution in [1.82, 2.24) is 14.6 Å². The number of fused-ring (bicyclic) bond motifs is 2. The van der Waals surface area contributed by atoms with Crippen molar-refractivity contribution in [1.29, 1.82) is 0 Å². The molecule has 13 heavy (non-hydrogen) atoms. The van der Waals surface area contributed by atoms with E-state index in [-0.39, 0.29) is 5.56 Å². The number of aromatic nitrogens is 4. The number of rotatable bonds is 0. The van der Waals surface area contributed by atoms with Crippen LogP contribution < -0.4 is 10.5 Å². The van der Waals surface area contributed by atoms with Gasteiger partial charge in [0.2, 0.25) is 0 Å². The smallest absolute Gasteiger partial charge is 0.252 e. The fourth-order valence-electron chi connectivity index (χ4n) is 1.87. The predicted octanol–water partition coefficient (Wildman–Crippen LogP) is -0.675. The van der Waals surface area contributed by atoms with Gasteiger partial charge in [0.15, 0.2) is 6.33 Å². The molecule has 1 aliphatic carbocycles. The molecule has 5 nitrogen and oxygen atoms in total. The summed E-state index contributed by atoms with van der Waals surface area (Å²) in [4.78, 5) is 19.0. The molecule has 0 spiro atoms. The lowest BCUT2D eigenvalue weighted by Gasteiger charge is -1.90. The molecule has 0 bridgehead atoms. The number of nitrogens with one attached hydrogen (secondary N) is 2. The van der Waals surface area contributed by atoms with Crippen LogP contribution in [0, 0.1) is 0 Å². The first-order chi connectivity index (χ1) is 6.36. The second-order valence-corrected chi connectivity index (χ2v) is 3.27. The molecule has 1 aliphatic rings. The summed E-state index contributed by atoms with van der Waals surface area (Å²) in [5.74, 6) is 0.602. The topological polar surface area (TPSA) is 64.3 Å². The lowest BCUT2D eigenvalue weighted by Crippen LogP contribution is -2.21. The Morgan fingerprint density at radius 3 is 3.38 bits per heavy atom. The molecule has 2 aromatic heterocycles. The Balaban J connectivity index is 2.53. The van der Waals surface area contributed by atoms with Crippen molar-refractivity contribution in [2.24, 2.45) is 0 Å². The first kappa shape index (κ1) is 6.82. The monoisotopic (exact) mass is 177 g/mol. The van der Waals surface area contributed by atoms with E-state index in [1.165, 1.54) is 4.52 Å². The van der Waals surface area contributed by atoms with Crippen LogP contribution in [0.3, 0.4) is 0 Å². The summed E-state index contributed by atoms with van der Waals surface area (Å²) in [5.41, 5.74) is 1.87. The molecule has 5 heteroatoms. The third-order valence-electron chi connectivity index (χ3n) is 2.50. The van der Waals surface area contributed by atoms with Crippen LogP contribution in [-0.2, 0) is 12.8 Å². The van der Waals surface area contributed by atoms with Crippen LogP contribution >= 0.6 is 0 Å². The zero-order valence-corrected chi connectivity index (χ0v) is 7.00. The number of aryl methyl sites for hydroxylation is 1. The van der Waals surface area contributed by atoms with Crippen LogP contribution in [0.5, 0.6) is 0 Å². The van der Waals surface area contributed by atoms with Gasteiger partial charge in [-0.1, -0.05) is 4.52 Å². The molecule has 0 aliphatic heterocycles. The fraction of sp³-hybridized carbons (Fsp3) is 0.375. The van der Waals surface area contributed by atoms with Gasteiger partial charge >= 0.3 is 11.3 Å². The summed E-state index contributed by atoms with van der Waals surface area (Å²) < 4.78 is 1.45. The highest BCUT2D eigenvalue weighted by molar-refractivity contribution is 5.29. The third kappa shape index (κ3) is 0.783. The lowest BCUT2D eigenvalue weighted by molar-refractivity contribution is -0.349. The molecule has 0 aromatic carbocycles. The van der Waals surface area contributed by atoms with E-state index >= 15 is 0 Å². The molecule has 0 atom stereocenters. The summed E-state index contributed by atoms with van der Waals surface area (Å²) in [6.45, 7) is 0. The van der Waals surface area contributed by atoms with Gasteiger partial charge in [-0.15, -0.1) is 4.98 Å². The first-order valence-corrected chi connectivity index (χ1v) is 4.36. The third-order valence-corrected chi connectivity index (χ3v) is 2.50. The maximum absolute atomic E-state index is 11.8. The van der Waals surface area contributed by atoms with Crippen molar-refractivity contribution >= 4 is 5.78 Å². The van der Waals surface area contributed by atoms with E-state index in [1.807, 2.05) is 0 Å². The molecule has 0 radical (unpaired) electrons. The molecule has 2 aromatic rings. The number of nitrogens with zero attached hydrogens (tertiary/aromatic N) is 2. The molecule has 0 amide bonds. The molecule has 66 valence electrons. The largest absolute Gasteiger partial charge is 0.385 e. The molecule has 2 heterocycles. The molecule has 3 rings (SSSR count). The van der Waals surface area contributed by atoms with Crippen molar-refractivity contribution < 1.29 is 4.98 Å². The SMILES string of the molecule is O=c1c2c(nc3[nH+]c[nH]n13)CCC2. The Kier molecular flexibility index (Phi) is 1.15. The maximum atomic E-state index is 11.8. The van der Waals surface area contributed by atoms with Crippen LogP contribution in [0.15, 0.2) is 11.1 Å². The highest BCUT2D eigenvalue weighted by Crippen LogP contribution is 2.15. The van der Waals surface area contributed by atoms with Crippen LogP contribution in [0.2, 0.25) is 0 Å². The van der Waals surface area contributed by atoms with Crippen molar-refractivity contribution in [2.75, 3.05) is 0 Å². The minimum absolute atomic E-state index is 0.0405. The molecule has 0 saturated heterocycles. The van der Waals surface area contributed by atoms with Gasteiger partial charge in [-0.2, -0.15) is 5.10 Å². The Bertz CT molecular complexity index is 524. The Morgan fingerprint density at radius 1 is 1.54 bits per heavy atom. The van der Waals surface area contributed by atoms with Crippen molar-refractivity contribution in [2.45, 2.75) is 19.3 Å². The molecular weight excluding hydrogens is 168 g/mol. The van der Waals surface area contributed by atoms with Gasteiger partial charge in [0, 0.05) is 6.42 Å². The number of hydrogen-bond acceptors (Lipinski definition) is 2. The second kappa shape index (κ2) is 2.18. The standard InChI is InChI=1S/C8H8N4O/c13-7-5-2-1-3-6(5)11-8-9-4-10-12(7)8/h4H,1-3H2,(H,9,10,11)/p+1. The van der Waals surface area contributed by atoms with E-state index in [2.05, 4.69) is 15.1 Å². The maximum Gasteiger partial charge on any atom is 0.385 e. The van der Waals surface area contributed by atoms with Crippen LogP contribution in [0.25, 0.3) is 5.78 Å². The minimum atomic E-state index is 0.0405. The van der Waals surface area contributed by atoms with Crippen molar-refractivity contribution in [3.05, 3.63) is 27.9 Å². The zero-order valence-electron chi connectivity index (χ0n) is 7.00. The van der Waals surface area contributed by atoms with Crippen LogP contribution in [0.1, 0.15) is 17.7 Å². The van der Waals surface area contributed by atoms with Gasteiger partial charge in [-0.25, -0.2) is 4.98 Å². The molecule has 2 N–H and O–H groups in total. The Morgan fingerprint density at radius 2 is 2.46 bits per heavy atom. The number of aromatic amines is 2. The van der Waals surface area contributed by atoms with Gasteiger partial charge in [-0.05, 0) is 12.8 Å². The fourth-order valence-corrected chi connectivity index (χ4v) is 1.87. The van der Waals surface area contributed by atoms with E-state index in [0.29, 0.717) is 5.78 Å². The molecule has 0 unspecified atom stereocenters. The van der Waals surface area contributed by atoms with E-state index in [1.54, 1.807) is 6.33 Å². The van der Waals surface area contributed by atoms with Crippen LogP contribution in [0.4, 0.5) is 0 Å². The van der Waals surface area contributed by atoms with Crippen LogP contribution in [-0.4, -0.2) is 14.6 Å². The van der Waals surface area contributed by atoms with Gasteiger partial charge in [0.05, 0.1) is 5.56 Å². The Hall–Kier alpha value is -1.65. The van der Waals surface area contributed by atoms with Gasteiger partial charge in [0.1, 0.15) is 5.69 Å². The summed E-state index contributed by atoms with van der Waals surface area (Å²) >= 11 is 0. The Labute approximate surface area is 73.4 Å². The molecule has 0 fully saturated rings. The van der Waals surface area contributed by atoms with Gasteiger partial charge in [0.25, 0.3) is 0 Å². The summed E-state index contributed by atoms with van der Waals surface area (Å²) in [7, 11) is 0. The highest BCUT2D eigenvalue weighted by atomic mass is 16.1. The number of H-pyrrole nitrogens is 2. The quantitative estimate of drug-likeness (QED) is 0.579. The average molecular weight is 177 g/mol. The van der Waals surface area contributed by atoms with E-state index in [9.17, 15) is 4.79 Å². The van der Waals surface area contributed by atoms with Gasteiger partial charge < -0.3 is 0 Å². The summed E-state index contributed by atoms with van der Waals surface area (Å²) in [6, 6.07) is 0. The second-order valence-electron chi connectivity index (χ2n) is 3.27. The summed E-state index contributed by atoms with van der Waals surface area (Å²) in [6.07, 6.45) is 4.45. The number of hydrogen-bond donors (Lipinski definition) is 1. The van der Waals surface area contributed by atoms with Crippen molar-refractivity contribution in [3.63, 3.8) is 0 Å². The first-order valence-electron chi connectivity index (χ1n) is 4.36. The van der Waals surface area contributed by atoms with E-state index < -0.39 is 0 Å². The average Bonchev–Trinajstić information content (AvgIpc) is 2.71.